The molecule has 0 unspecified atom stereocenters. The number of hydrogen-bond donors (Lipinski definition) is 3. The molecule has 0 radical (unpaired) electrons. The number of nitrogens with one attached hydrogen (secondary N) is 2. The first-order chi connectivity index (χ1) is 14.9. The zero-order valence-electron chi connectivity index (χ0n) is 17.2. The van der Waals surface area contributed by atoms with Crippen molar-refractivity contribution in [2.75, 3.05) is 19.0 Å². The third kappa shape index (κ3) is 7.18. The Morgan fingerprint density at radius 1 is 1.12 bits per heavy atom. The predicted molar refractivity (Wildman–Crippen MR) is 127 cm³/mol. The number of alkyl halides is 3. The number of anilines is 1. The topological polar surface area (TPSA) is 70.6 Å². The SMILES string of the molecule is CO[C@H](C)CC(=O)NCc1ccc(NC[C@@](O)(c2cc(Br)cc(Br)c2)C(F)(F)F)cc1Br. The van der Waals surface area contributed by atoms with Crippen molar-refractivity contribution < 1.29 is 27.8 Å². The van der Waals surface area contributed by atoms with E-state index < -0.39 is 18.3 Å². The van der Waals surface area contributed by atoms with Crippen molar-refractivity contribution in [2.24, 2.45) is 0 Å². The molecule has 0 aliphatic rings. The molecule has 2 atom stereocenters. The second-order valence-electron chi connectivity index (χ2n) is 7.20. The second-order valence-corrected chi connectivity index (χ2v) is 9.89. The average Bonchev–Trinajstić information content (AvgIpc) is 2.69. The maximum atomic E-state index is 13.8. The summed E-state index contributed by atoms with van der Waals surface area (Å²) in [5.41, 5.74) is -2.30. The molecular formula is C21H22Br3F3N2O3. The third-order valence-corrected chi connectivity index (χ3v) is 6.42. The minimum atomic E-state index is -4.92. The molecule has 0 aliphatic carbocycles. The summed E-state index contributed by atoms with van der Waals surface area (Å²) in [4.78, 5) is 11.9. The number of methoxy groups -OCH3 is 1. The summed E-state index contributed by atoms with van der Waals surface area (Å²) in [6, 6.07) is 8.88. The van der Waals surface area contributed by atoms with Crippen LogP contribution in [0.5, 0.6) is 0 Å². The lowest BCUT2D eigenvalue weighted by molar-refractivity contribution is -0.260. The number of hydrogen-bond acceptors (Lipinski definition) is 4. The van der Waals surface area contributed by atoms with Gasteiger partial charge < -0.3 is 20.5 Å². The minimum absolute atomic E-state index is 0.177. The van der Waals surface area contributed by atoms with Gasteiger partial charge in [-0.2, -0.15) is 13.2 Å². The molecule has 0 spiro atoms. The van der Waals surface area contributed by atoms with Crippen molar-refractivity contribution in [1.29, 1.82) is 0 Å². The fourth-order valence-corrected chi connectivity index (χ4v) is 4.61. The minimum Gasteiger partial charge on any atom is -0.381 e. The van der Waals surface area contributed by atoms with Crippen LogP contribution < -0.4 is 10.6 Å². The Bertz CT molecular complexity index is 939. The molecule has 1 amide bonds. The van der Waals surface area contributed by atoms with E-state index in [4.69, 9.17) is 4.74 Å². The van der Waals surface area contributed by atoms with Gasteiger partial charge in [0, 0.05) is 32.8 Å². The summed E-state index contributed by atoms with van der Waals surface area (Å²) in [5, 5.41) is 16.0. The zero-order chi connectivity index (χ0) is 24.1. The first kappa shape index (κ1) is 27.1. The fraction of sp³-hybridized carbons (Fsp3) is 0.381. The van der Waals surface area contributed by atoms with E-state index >= 15 is 0 Å². The summed E-state index contributed by atoms with van der Waals surface area (Å²) < 4.78 is 47.9. The van der Waals surface area contributed by atoms with Crippen molar-refractivity contribution in [1.82, 2.24) is 5.32 Å². The average molecular weight is 647 g/mol. The highest BCUT2D eigenvalue weighted by atomic mass is 79.9. The molecule has 32 heavy (non-hydrogen) atoms. The number of rotatable bonds is 9. The highest BCUT2D eigenvalue weighted by Crippen LogP contribution is 2.41. The van der Waals surface area contributed by atoms with Crippen molar-refractivity contribution in [3.63, 3.8) is 0 Å². The van der Waals surface area contributed by atoms with Gasteiger partial charge in [0.1, 0.15) is 0 Å². The van der Waals surface area contributed by atoms with Crippen LogP contribution in [0.2, 0.25) is 0 Å². The molecule has 0 saturated heterocycles. The lowest BCUT2D eigenvalue weighted by atomic mass is 9.93. The molecule has 3 N–H and O–H groups in total. The van der Waals surface area contributed by atoms with Crippen LogP contribution in [-0.4, -0.2) is 36.9 Å². The number of aliphatic hydroxyl groups is 1. The smallest absolute Gasteiger partial charge is 0.381 e. The molecular weight excluding hydrogens is 625 g/mol. The van der Waals surface area contributed by atoms with Gasteiger partial charge in [0.15, 0.2) is 0 Å². The molecule has 176 valence electrons. The summed E-state index contributed by atoms with van der Waals surface area (Å²) in [5.74, 6) is -0.177. The van der Waals surface area contributed by atoms with Crippen molar-refractivity contribution in [3.05, 3.63) is 60.9 Å². The van der Waals surface area contributed by atoms with Gasteiger partial charge >= 0.3 is 6.18 Å². The molecule has 11 heteroatoms. The summed E-state index contributed by atoms with van der Waals surface area (Å²) in [6.07, 6.45) is -4.90. The molecule has 2 rings (SSSR count). The lowest BCUT2D eigenvalue weighted by Crippen LogP contribution is -2.47. The number of amides is 1. The highest BCUT2D eigenvalue weighted by Gasteiger charge is 2.55. The number of carbonyl (C=O) groups is 1. The predicted octanol–water partition coefficient (Wildman–Crippen LogP) is 5.88. The quantitative estimate of drug-likeness (QED) is 0.319. The van der Waals surface area contributed by atoms with Crippen LogP contribution in [0, 0.1) is 0 Å². The Morgan fingerprint density at radius 2 is 1.75 bits per heavy atom. The molecule has 0 saturated carbocycles. The van der Waals surface area contributed by atoms with Crippen LogP contribution in [0.15, 0.2) is 49.8 Å². The molecule has 5 nitrogen and oxygen atoms in total. The van der Waals surface area contributed by atoms with E-state index in [1.807, 2.05) is 0 Å². The normalized spacial score (nSPS) is 14.5. The number of ether oxygens (including phenoxy) is 1. The molecule has 0 fully saturated rings. The molecule has 0 bridgehead atoms. The van der Waals surface area contributed by atoms with E-state index in [-0.39, 0.29) is 30.5 Å². The van der Waals surface area contributed by atoms with Gasteiger partial charge in [-0.25, -0.2) is 0 Å². The van der Waals surface area contributed by atoms with Gasteiger partial charge in [0.25, 0.3) is 0 Å². The van der Waals surface area contributed by atoms with Crippen LogP contribution in [0.25, 0.3) is 0 Å². The molecule has 0 heterocycles. The first-order valence-electron chi connectivity index (χ1n) is 9.43. The van der Waals surface area contributed by atoms with Crippen LogP contribution >= 0.6 is 47.8 Å². The van der Waals surface area contributed by atoms with E-state index in [2.05, 4.69) is 58.4 Å². The Morgan fingerprint density at radius 3 is 2.28 bits per heavy atom. The van der Waals surface area contributed by atoms with E-state index in [1.54, 1.807) is 31.2 Å². The third-order valence-electron chi connectivity index (χ3n) is 4.76. The molecule has 2 aromatic carbocycles. The van der Waals surface area contributed by atoms with Gasteiger partial charge in [0.05, 0.1) is 19.1 Å². The molecule has 0 aliphatic heterocycles. The Balaban J connectivity index is 2.12. The maximum Gasteiger partial charge on any atom is 0.423 e. The molecule has 0 aromatic heterocycles. The monoisotopic (exact) mass is 644 g/mol. The van der Waals surface area contributed by atoms with Gasteiger partial charge in [0.2, 0.25) is 11.5 Å². The van der Waals surface area contributed by atoms with Gasteiger partial charge in [-0.15, -0.1) is 0 Å². The Labute approximate surface area is 209 Å². The van der Waals surface area contributed by atoms with Gasteiger partial charge in [-0.3, -0.25) is 4.79 Å². The fourth-order valence-electron chi connectivity index (χ4n) is 2.80. The number of carbonyl (C=O) groups excluding carboxylic acids is 1. The van der Waals surface area contributed by atoms with E-state index in [1.165, 1.54) is 19.2 Å². The van der Waals surface area contributed by atoms with E-state index in [0.717, 1.165) is 5.56 Å². The first-order valence-corrected chi connectivity index (χ1v) is 11.8. The Hall–Kier alpha value is -1.14. The maximum absolute atomic E-state index is 13.8. The van der Waals surface area contributed by atoms with Gasteiger partial charge in [-0.05, 0) is 48.4 Å². The van der Waals surface area contributed by atoms with Crippen LogP contribution in [0.1, 0.15) is 24.5 Å². The number of benzene rings is 2. The lowest BCUT2D eigenvalue weighted by Gasteiger charge is -2.32. The van der Waals surface area contributed by atoms with Crippen molar-refractivity contribution in [3.8, 4) is 0 Å². The molecule has 2 aromatic rings. The number of halogens is 6. The van der Waals surface area contributed by atoms with Crippen molar-refractivity contribution >= 4 is 59.4 Å². The van der Waals surface area contributed by atoms with E-state index in [0.29, 0.717) is 19.1 Å². The van der Waals surface area contributed by atoms with Crippen LogP contribution in [0.3, 0.4) is 0 Å². The second kappa shape index (κ2) is 11.3. The summed E-state index contributed by atoms with van der Waals surface area (Å²) >= 11 is 9.68. The van der Waals surface area contributed by atoms with Crippen molar-refractivity contribution in [2.45, 2.75) is 37.8 Å². The standard InChI is InChI=1S/C21H22Br3F3N2O3/c1-12(32-2)5-19(30)28-10-13-3-4-17(9-18(13)24)29-11-20(31,21(25,26)27)14-6-15(22)8-16(23)7-14/h3-4,6-9,12,29,31H,5,10-11H2,1-2H3,(H,28,30)/t12-,20-/m1/s1. The van der Waals surface area contributed by atoms with Gasteiger partial charge in [-0.1, -0.05) is 53.9 Å². The summed E-state index contributed by atoms with van der Waals surface area (Å²) in [7, 11) is 1.52. The largest absolute Gasteiger partial charge is 0.423 e. The van der Waals surface area contributed by atoms with Crippen LogP contribution in [-0.2, 0) is 21.7 Å². The zero-order valence-corrected chi connectivity index (χ0v) is 22.0. The van der Waals surface area contributed by atoms with Crippen LogP contribution in [0.4, 0.5) is 18.9 Å². The summed E-state index contributed by atoms with van der Waals surface area (Å²) in [6.45, 7) is 1.23. The Kier molecular flexibility index (Phi) is 9.59. The van der Waals surface area contributed by atoms with E-state index in [9.17, 15) is 23.1 Å². The highest BCUT2D eigenvalue weighted by molar-refractivity contribution is 9.11.